The van der Waals surface area contributed by atoms with Crippen LogP contribution in [0.15, 0.2) is 40.9 Å². The Hall–Kier alpha value is -1.60. The van der Waals surface area contributed by atoms with Crippen LogP contribution in [-0.2, 0) is 4.79 Å². The fourth-order valence-electron chi connectivity index (χ4n) is 2.94. The topological polar surface area (TPSA) is 32.3 Å². The molecule has 0 aliphatic carbocycles. The first-order valence-electron chi connectivity index (χ1n) is 7.42. The second kappa shape index (κ2) is 5.74. The minimum atomic E-state index is -4.53. The minimum absolute atomic E-state index is 0.0186. The van der Waals surface area contributed by atoms with Gasteiger partial charge in [0.05, 0.1) is 5.41 Å². The van der Waals surface area contributed by atoms with Crippen molar-refractivity contribution >= 4 is 32.6 Å². The van der Waals surface area contributed by atoms with Gasteiger partial charge in [0, 0.05) is 11.0 Å². The van der Waals surface area contributed by atoms with E-state index in [1.807, 2.05) is 12.1 Å². The first-order valence-corrected chi connectivity index (χ1v) is 8.21. The van der Waals surface area contributed by atoms with Crippen molar-refractivity contribution in [3.05, 3.63) is 46.4 Å². The summed E-state index contributed by atoms with van der Waals surface area (Å²) in [5.74, 6) is -0.409. The average molecular weight is 401 g/mol. The van der Waals surface area contributed by atoms with Gasteiger partial charge in [-0.05, 0) is 42.3 Å². The summed E-state index contributed by atoms with van der Waals surface area (Å²) in [6.07, 6.45) is -4.53. The Morgan fingerprint density at radius 3 is 2.29 bits per heavy atom. The Bertz CT molecular complexity index is 804. The summed E-state index contributed by atoms with van der Waals surface area (Å²) >= 11 is 3.26. The number of alkyl halides is 3. The van der Waals surface area contributed by atoms with E-state index < -0.39 is 23.5 Å². The highest BCUT2D eigenvalue weighted by Gasteiger charge is 2.51. The molecule has 7 heteroatoms. The lowest BCUT2D eigenvalue weighted by Gasteiger charge is -2.30. The zero-order valence-electron chi connectivity index (χ0n) is 13.1. The van der Waals surface area contributed by atoms with Crippen LogP contribution < -0.4 is 5.43 Å². The molecule has 0 radical (unpaired) electrons. The normalized spacial score (nSPS) is 19.5. The van der Waals surface area contributed by atoms with Gasteiger partial charge in [0.25, 0.3) is 0 Å². The molecular formula is C17H16BrF3N2O. The number of rotatable bonds is 2. The number of amides is 1. The number of hydrogen-bond donors (Lipinski definition) is 1. The maximum Gasteiger partial charge on any atom is 0.409 e. The molecule has 1 aliphatic rings. The molecule has 1 aliphatic heterocycles. The van der Waals surface area contributed by atoms with Crippen molar-refractivity contribution in [2.75, 3.05) is 6.54 Å². The largest absolute Gasteiger partial charge is 0.409 e. The molecule has 3 nitrogen and oxygen atoms in total. The number of hydrogen-bond acceptors (Lipinski definition) is 2. The Morgan fingerprint density at radius 1 is 1.21 bits per heavy atom. The summed E-state index contributed by atoms with van der Waals surface area (Å²) in [5, 5.41) is 2.55. The molecule has 1 fully saturated rings. The van der Waals surface area contributed by atoms with Gasteiger partial charge in [0.2, 0.25) is 5.91 Å². The molecule has 1 unspecified atom stereocenters. The SMILES string of the molecule is CC1(C)CN(C(c2cc3ccccc3cc2Br)C(F)(F)F)NC1=O. The summed E-state index contributed by atoms with van der Waals surface area (Å²) in [5.41, 5.74) is 1.59. The van der Waals surface area contributed by atoms with Crippen LogP contribution in [0.4, 0.5) is 13.2 Å². The lowest BCUT2D eigenvalue weighted by molar-refractivity contribution is -0.191. The van der Waals surface area contributed by atoms with E-state index in [2.05, 4.69) is 21.4 Å². The molecule has 0 spiro atoms. The van der Waals surface area contributed by atoms with Crippen molar-refractivity contribution in [2.24, 2.45) is 5.41 Å². The van der Waals surface area contributed by atoms with E-state index in [9.17, 15) is 18.0 Å². The van der Waals surface area contributed by atoms with E-state index in [1.54, 1.807) is 32.0 Å². The molecule has 1 heterocycles. The molecule has 3 rings (SSSR count). The Kier molecular flexibility index (Phi) is 4.12. The van der Waals surface area contributed by atoms with Crippen molar-refractivity contribution in [1.82, 2.24) is 10.4 Å². The van der Waals surface area contributed by atoms with E-state index in [0.717, 1.165) is 15.8 Å². The van der Waals surface area contributed by atoms with E-state index in [-0.39, 0.29) is 12.1 Å². The first-order chi connectivity index (χ1) is 11.1. The van der Waals surface area contributed by atoms with Crippen molar-refractivity contribution in [1.29, 1.82) is 0 Å². The average Bonchev–Trinajstić information content (AvgIpc) is 2.71. The van der Waals surface area contributed by atoms with E-state index in [0.29, 0.717) is 4.47 Å². The summed E-state index contributed by atoms with van der Waals surface area (Å²) in [7, 11) is 0. The summed E-state index contributed by atoms with van der Waals surface area (Å²) in [4.78, 5) is 11.9. The lowest BCUT2D eigenvalue weighted by atomic mass is 9.93. The van der Waals surface area contributed by atoms with Gasteiger partial charge in [-0.2, -0.15) is 13.2 Å². The molecule has 2 aromatic carbocycles. The van der Waals surface area contributed by atoms with Crippen molar-refractivity contribution in [3.8, 4) is 0 Å². The van der Waals surface area contributed by atoms with Gasteiger partial charge in [-0.15, -0.1) is 0 Å². The molecule has 24 heavy (non-hydrogen) atoms. The Balaban J connectivity index is 2.11. The number of nitrogens with zero attached hydrogens (tertiary/aromatic N) is 1. The van der Waals surface area contributed by atoms with Crippen LogP contribution in [-0.4, -0.2) is 23.6 Å². The van der Waals surface area contributed by atoms with Gasteiger partial charge < -0.3 is 0 Å². The maximum atomic E-state index is 13.8. The van der Waals surface area contributed by atoms with Gasteiger partial charge in [-0.25, -0.2) is 5.01 Å². The van der Waals surface area contributed by atoms with Crippen LogP contribution >= 0.6 is 15.9 Å². The second-order valence-corrected chi connectivity index (χ2v) is 7.47. The third kappa shape index (κ3) is 3.02. The minimum Gasteiger partial charge on any atom is -0.287 e. The fraction of sp³-hybridized carbons (Fsp3) is 0.353. The van der Waals surface area contributed by atoms with E-state index in [4.69, 9.17) is 0 Å². The van der Waals surface area contributed by atoms with Crippen molar-refractivity contribution in [2.45, 2.75) is 26.1 Å². The predicted molar refractivity (Wildman–Crippen MR) is 89.1 cm³/mol. The molecule has 1 N–H and O–H groups in total. The van der Waals surface area contributed by atoms with E-state index >= 15 is 0 Å². The van der Waals surface area contributed by atoms with Crippen LogP contribution in [0.1, 0.15) is 25.5 Å². The van der Waals surface area contributed by atoms with Crippen LogP contribution in [0, 0.1) is 5.41 Å². The summed E-state index contributed by atoms with van der Waals surface area (Å²) in [6, 6.07) is 8.50. The Morgan fingerprint density at radius 2 is 1.79 bits per heavy atom. The third-order valence-electron chi connectivity index (χ3n) is 4.21. The molecule has 0 bridgehead atoms. The van der Waals surface area contributed by atoms with Crippen LogP contribution in [0.25, 0.3) is 10.8 Å². The molecule has 2 aromatic rings. The Labute approximate surface area is 145 Å². The quantitative estimate of drug-likeness (QED) is 0.799. The zero-order chi connectivity index (χ0) is 17.7. The number of hydrazine groups is 1. The number of fused-ring (bicyclic) bond motifs is 1. The standard InChI is InChI=1S/C17H16BrF3N2O/c1-16(2)9-23(22-15(16)24)14(17(19,20)21)12-7-10-5-3-4-6-11(10)8-13(12)18/h3-8,14H,9H2,1-2H3,(H,22,24). The van der Waals surface area contributed by atoms with Gasteiger partial charge in [-0.3, -0.25) is 10.2 Å². The van der Waals surface area contributed by atoms with Crippen LogP contribution in [0.5, 0.6) is 0 Å². The molecule has 0 saturated carbocycles. The van der Waals surface area contributed by atoms with Gasteiger partial charge in [0.15, 0.2) is 6.04 Å². The lowest BCUT2D eigenvalue weighted by Crippen LogP contribution is -2.43. The highest BCUT2D eigenvalue weighted by Crippen LogP contribution is 2.43. The highest BCUT2D eigenvalue weighted by atomic mass is 79.9. The second-order valence-electron chi connectivity index (χ2n) is 6.62. The highest BCUT2D eigenvalue weighted by molar-refractivity contribution is 9.10. The number of carbonyl (C=O) groups excluding carboxylic acids is 1. The van der Waals surface area contributed by atoms with Gasteiger partial charge in [0.1, 0.15) is 0 Å². The van der Waals surface area contributed by atoms with E-state index in [1.165, 1.54) is 6.07 Å². The number of nitrogens with one attached hydrogen (secondary N) is 1. The zero-order valence-corrected chi connectivity index (χ0v) is 14.7. The maximum absolute atomic E-state index is 13.8. The molecule has 1 amide bonds. The first kappa shape index (κ1) is 17.2. The number of benzene rings is 2. The monoisotopic (exact) mass is 400 g/mol. The molecular weight excluding hydrogens is 385 g/mol. The fourth-order valence-corrected chi connectivity index (χ4v) is 3.51. The number of halogens is 4. The van der Waals surface area contributed by atoms with Crippen LogP contribution in [0.2, 0.25) is 0 Å². The van der Waals surface area contributed by atoms with Crippen molar-refractivity contribution < 1.29 is 18.0 Å². The van der Waals surface area contributed by atoms with Crippen molar-refractivity contribution in [3.63, 3.8) is 0 Å². The molecule has 1 saturated heterocycles. The molecule has 0 aromatic heterocycles. The third-order valence-corrected chi connectivity index (χ3v) is 4.89. The number of carbonyl (C=O) groups is 1. The smallest absolute Gasteiger partial charge is 0.287 e. The van der Waals surface area contributed by atoms with Crippen LogP contribution in [0.3, 0.4) is 0 Å². The summed E-state index contributed by atoms with van der Waals surface area (Å²) < 4.78 is 41.8. The molecule has 1 atom stereocenters. The predicted octanol–water partition coefficient (Wildman–Crippen LogP) is 4.58. The van der Waals surface area contributed by atoms with Gasteiger partial charge >= 0.3 is 6.18 Å². The summed E-state index contributed by atoms with van der Waals surface area (Å²) in [6.45, 7) is 3.24. The molecule has 128 valence electrons. The van der Waals surface area contributed by atoms with Gasteiger partial charge in [-0.1, -0.05) is 40.2 Å².